The summed E-state index contributed by atoms with van der Waals surface area (Å²) in [5.41, 5.74) is 7.60. The Hall–Kier alpha value is -5.17. The van der Waals surface area contributed by atoms with Crippen molar-refractivity contribution in [3.8, 4) is 17.5 Å². The van der Waals surface area contributed by atoms with Crippen molar-refractivity contribution in [3.05, 3.63) is 88.4 Å². The number of carbonyl (C=O) groups excluding carboxylic acids is 2. The third kappa shape index (κ3) is 4.53. The van der Waals surface area contributed by atoms with Crippen molar-refractivity contribution >= 4 is 35.1 Å². The average molecular weight is 508 g/mol. The second-order valence-corrected chi connectivity index (χ2v) is 8.75. The van der Waals surface area contributed by atoms with Crippen LogP contribution >= 0.6 is 0 Å². The van der Waals surface area contributed by atoms with E-state index >= 15 is 0 Å². The first-order valence-corrected chi connectivity index (χ1v) is 12.0. The lowest BCUT2D eigenvalue weighted by Gasteiger charge is -2.27. The first-order chi connectivity index (χ1) is 18.5. The van der Waals surface area contributed by atoms with Crippen LogP contribution in [0.5, 0.6) is 0 Å². The Balaban J connectivity index is 1.57. The molecule has 0 saturated heterocycles. The number of carbonyl (C=O) groups is 2. The number of aromatic nitrogens is 1. The molecular weight excluding hydrogens is 482 g/mol. The Morgan fingerprint density at radius 1 is 1.21 bits per heavy atom. The molecule has 0 fully saturated rings. The quantitative estimate of drug-likeness (QED) is 0.262. The number of hydrogen-bond acceptors (Lipinski definition) is 7. The number of amides is 2. The zero-order chi connectivity index (χ0) is 26.6. The maximum absolute atomic E-state index is 14.0. The summed E-state index contributed by atoms with van der Waals surface area (Å²) in [6.07, 6.45) is 5.30. The third-order valence-electron chi connectivity index (χ3n) is 6.30. The van der Waals surface area contributed by atoms with E-state index in [4.69, 9.17) is 5.73 Å². The number of rotatable bonds is 6. The average Bonchev–Trinajstić information content (AvgIpc) is 3.27. The molecule has 2 amide bonds. The fourth-order valence-electron chi connectivity index (χ4n) is 4.60. The number of hydrazone groups is 1. The first-order valence-electron chi connectivity index (χ1n) is 12.0. The van der Waals surface area contributed by atoms with Gasteiger partial charge in [-0.25, -0.2) is 10.0 Å². The maximum atomic E-state index is 14.0. The Kier molecular flexibility index (Phi) is 6.74. The molecule has 0 bridgehead atoms. The summed E-state index contributed by atoms with van der Waals surface area (Å²) >= 11 is 0. The van der Waals surface area contributed by atoms with Crippen molar-refractivity contribution in [2.45, 2.75) is 25.2 Å². The number of nitrogens with zero attached hydrogens (tertiary/aromatic N) is 4. The minimum absolute atomic E-state index is 0.166. The van der Waals surface area contributed by atoms with E-state index in [-0.39, 0.29) is 23.8 Å². The Morgan fingerprint density at radius 2 is 2.03 bits per heavy atom. The van der Waals surface area contributed by atoms with Crippen LogP contribution < -0.4 is 21.9 Å². The number of amidine groups is 1. The van der Waals surface area contributed by atoms with E-state index < -0.39 is 18.2 Å². The number of para-hydroxylation sites is 1. The highest BCUT2D eigenvalue weighted by Gasteiger charge is 2.39. The molecular formula is C28H25N7O3. The Bertz CT molecular complexity index is 1610. The molecule has 0 aliphatic carbocycles. The van der Waals surface area contributed by atoms with Gasteiger partial charge in [0.2, 0.25) is 6.41 Å². The van der Waals surface area contributed by atoms with Crippen LogP contribution in [0.4, 0.5) is 0 Å². The summed E-state index contributed by atoms with van der Waals surface area (Å²) in [7, 11) is 0. The van der Waals surface area contributed by atoms with Gasteiger partial charge in [0.1, 0.15) is 5.84 Å². The molecule has 0 spiro atoms. The van der Waals surface area contributed by atoms with E-state index in [2.05, 4.69) is 32.6 Å². The first kappa shape index (κ1) is 24.5. The van der Waals surface area contributed by atoms with Gasteiger partial charge in [0.15, 0.2) is 12.2 Å². The van der Waals surface area contributed by atoms with E-state index in [1.165, 1.54) is 0 Å². The topological polar surface area (TPSA) is 134 Å². The SMILES string of the molecule is CC(NC(=O)C1C(N)=NC2C=CC=NN21)c1cc2cccc(C#CCNC=O)c2c(=O)n1-c1ccccc1. The van der Waals surface area contributed by atoms with Gasteiger partial charge >= 0.3 is 0 Å². The van der Waals surface area contributed by atoms with E-state index in [1.807, 2.05) is 61.5 Å². The highest BCUT2D eigenvalue weighted by Crippen LogP contribution is 2.25. The van der Waals surface area contributed by atoms with Crippen molar-refractivity contribution < 1.29 is 9.59 Å². The summed E-state index contributed by atoms with van der Waals surface area (Å²) < 4.78 is 1.58. The molecule has 190 valence electrons. The molecule has 0 saturated carbocycles. The van der Waals surface area contributed by atoms with Gasteiger partial charge in [-0.2, -0.15) is 5.10 Å². The van der Waals surface area contributed by atoms with Crippen LogP contribution in [0.2, 0.25) is 0 Å². The lowest BCUT2D eigenvalue weighted by atomic mass is 10.0. The Morgan fingerprint density at radius 3 is 2.82 bits per heavy atom. The zero-order valence-electron chi connectivity index (χ0n) is 20.5. The highest BCUT2D eigenvalue weighted by molar-refractivity contribution is 6.08. The monoisotopic (exact) mass is 507 g/mol. The number of pyridine rings is 1. The highest BCUT2D eigenvalue weighted by atomic mass is 16.2. The van der Waals surface area contributed by atoms with Gasteiger partial charge in [-0.3, -0.25) is 19.0 Å². The molecule has 2 aromatic carbocycles. The standard InChI is InChI=1S/C28H25N7O3/c1-18(32-27(37)25-26(29)33-23-13-7-15-31-35(23)25)22-16-20-9-5-8-19(10-6-14-30-17-36)24(20)28(38)34(22)21-11-3-2-4-12-21/h2-5,7-9,11-13,15-18,23,25H,14H2,1H3,(H2,29,33)(H,30,36)(H,32,37). The molecule has 3 unspecified atom stereocenters. The Labute approximate surface area is 218 Å². The van der Waals surface area contributed by atoms with Crippen LogP contribution in [0, 0.1) is 11.8 Å². The molecule has 3 atom stereocenters. The smallest absolute Gasteiger partial charge is 0.264 e. The van der Waals surface area contributed by atoms with Gasteiger partial charge in [-0.15, -0.1) is 0 Å². The second-order valence-electron chi connectivity index (χ2n) is 8.75. The summed E-state index contributed by atoms with van der Waals surface area (Å²) in [5, 5.41) is 12.4. The van der Waals surface area contributed by atoms with E-state index in [0.717, 1.165) is 0 Å². The van der Waals surface area contributed by atoms with Gasteiger partial charge in [0, 0.05) is 23.2 Å². The van der Waals surface area contributed by atoms with Crippen molar-refractivity contribution in [1.29, 1.82) is 0 Å². The molecule has 10 nitrogen and oxygen atoms in total. The molecule has 4 N–H and O–H groups in total. The minimum Gasteiger partial charge on any atom is -0.385 e. The van der Waals surface area contributed by atoms with E-state index in [0.29, 0.717) is 34.1 Å². The van der Waals surface area contributed by atoms with Gasteiger partial charge in [-0.1, -0.05) is 42.2 Å². The van der Waals surface area contributed by atoms with Crippen molar-refractivity contribution in [1.82, 2.24) is 20.2 Å². The number of nitrogens with two attached hydrogens (primary N) is 1. The number of aliphatic imine (C=N–C) groups is 1. The molecule has 2 aliphatic rings. The third-order valence-corrected chi connectivity index (χ3v) is 6.30. The van der Waals surface area contributed by atoms with Crippen LogP contribution in [-0.4, -0.2) is 52.7 Å². The normalized spacial score (nSPS) is 18.2. The van der Waals surface area contributed by atoms with Gasteiger partial charge in [0.05, 0.1) is 18.0 Å². The van der Waals surface area contributed by atoms with Crippen molar-refractivity contribution in [3.63, 3.8) is 0 Å². The molecule has 0 radical (unpaired) electrons. The van der Waals surface area contributed by atoms with Crippen LogP contribution in [0.1, 0.15) is 24.2 Å². The van der Waals surface area contributed by atoms with Crippen LogP contribution in [0.15, 0.2) is 81.6 Å². The number of hydrogen-bond donors (Lipinski definition) is 3. The molecule has 10 heteroatoms. The second kappa shape index (κ2) is 10.4. The lowest BCUT2D eigenvalue weighted by molar-refractivity contribution is -0.124. The molecule has 3 heterocycles. The van der Waals surface area contributed by atoms with Crippen molar-refractivity contribution in [2.24, 2.45) is 15.8 Å². The fraction of sp³-hybridized carbons (Fsp3) is 0.179. The fourth-order valence-corrected chi connectivity index (χ4v) is 4.60. The van der Waals surface area contributed by atoms with Crippen LogP contribution in [0.3, 0.4) is 0 Å². The number of nitrogens with one attached hydrogen (secondary N) is 2. The van der Waals surface area contributed by atoms with Gasteiger partial charge in [-0.05, 0) is 48.7 Å². The van der Waals surface area contributed by atoms with Crippen LogP contribution in [0.25, 0.3) is 16.5 Å². The number of allylic oxidation sites excluding steroid dienone is 1. The summed E-state index contributed by atoms with van der Waals surface area (Å²) in [4.78, 5) is 42.2. The summed E-state index contributed by atoms with van der Waals surface area (Å²) in [5.74, 6) is 5.65. The number of benzene rings is 2. The van der Waals surface area contributed by atoms with E-state index in [1.54, 1.807) is 27.9 Å². The molecule has 2 aliphatic heterocycles. The summed E-state index contributed by atoms with van der Waals surface area (Å²) in [6.45, 7) is 1.98. The minimum atomic E-state index is -0.858. The predicted octanol–water partition coefficient (Wildman–Crippen LogP) is 1.19. The van der Waals surface area contributed by atoms with Gasteiger partial charge < -0.3 is 16.4 Å². The molecule has 3 aromatic rings. The predicted molar refractivity (Wildman–Crippen MR) is 146 cm³/mol. The molecule has 38 heavy (non-hydrogen) atoms. The van der Waals surface area contributed by atoms with Crippen LogP contribution in [-0.2, 0) is 9.59 Å². The number of fused-ring (bicyclic) bond motifs is 2. The van der Waals surface area contributed by atoms with Crippen molar-refractivity contribution in [2.75, 3.05) is 6.54 Å². The molecule has 1 aromatic heterocycles. The zero-order valence-corrected chi connectivity index (χ0v) is 20.5. The lowest BCUT2D eigenvalue weighted by Crippen LogP contribution is -2.51. The molecule has 5 rings (SSSR count). The maximum Gasteiger partial charge on any atom is 0.264 e. The van der Waals surface area contributed by atoms with Gasteiger partial charge in [0.25, 0.3) is 11.5 Å². The summed E-state index contributed by atoms with van der Waals surface area (Å²) in [6, 6.07) is 15.1. The van der Waals surface area contributed by atoms with E-state index in [9.17, 15) is 14.4 Å². The largest absolute Gasteiger partial charge is 0.385 e.